The molecule has 0 bridgehead atoms. The van der Waals surface area contributed by atoms with Gasteiger partial charge >= 0.3 is 0 Å². The van der Waals surface area contributed by atoms with Gasteiger partial charge < -0.3 is 0 Å². The lowest BCUT2D eigenvalue weighted by Gasteiger charge is -2.00. The molecule has 0 N–H and O–H groups in total. The first-order valence-corrected chi connectivity index (χ1v) is 4.38. The van der Waals surface area contributed by atoms with Gasteiger partial charge in [-0.15, -0.1) is 10.2 Å². The predicted molar refractivity (Wildman–Crippen MR) is 46.7 cm³/mol. The first-order chi connectivity index (χ1) is 5.59. The molecule has 0 aliphatic rings. The summed E-state index contributed by atoms with van der Waals surface area (Å²) >= 11 is 0. The number of rotatable bonds is 3. The van der Waals surface area contributed by atoms with Gasteiger partial charge in [0.05, 0.1) is 6.04 Å². The van der Waals surface area contributed by atoms with Gasteiger partial charge in [-0.25, -0.2) is 0 Å². The highest BCUT2D eigenvalue weighted by Crippen LogP contribution is 2.03. The number of tetrazole rings is 1. The van der Waals surface area contributed by atoms with E-state index in [9.17, 15) is 0 Å². The van der Waals surface area contributed by atoms with E-state index in [4.69, 9.17) is 0 Å². The van der Waals surface area contributed by atoms with E-state index < -0.39 is 0 Å². The van der Waals surface area contributed by atoms with Crippen molar-refractivity contribution in [3.05, 3.63) is 5.82 Å². The first kappa shape index (κ1) is 9.16. The predicted octanol–water partition coefficient (Wildman–Crippen LogP) is 1.45. The molecule has 0 fully saturated rings. The minimum absolute atomic E-state index is 0.304. The normalized spacial score (nSPS) is 11.5. The maximum absolute atomic E-state index is 4.24. The Balaban J connectivity index is 2.64. The van der Waals surface area contributed by atoms with Crippen LogP contribution in [-0.4, -0.2) is 20.2 Å². The fourth-order valence-corrected chi connectivity index (χ4v) is 0.921. The molecule has 0 aromatic carbocycles. The van der Waals surface area contributed by atoms with Crippen molar-refractivity contribution in [2.45, 2.75) is 40.2 Å². The standard InChI is InChI=1S/C8H16N4/c1-6(2)5-8-9-11-12(10-8)7(3)4/h6-7H,5H2,1-4H3. The van der Waals surface area contributed by atoms with Gasteiger partial charge in [0.15, 0.2) is 5.82 Å². The van der Waals surface area contributed by atoms with E-state index in [-0.39, 0.29) is 0 Å². The van der Waals surface area contributed by atoms with Crippen molar-refractivity contribution in [1.29, 1.82) is 0 Å². The summed E-state index contributed by atoms with van der Waals surface area (Å²) in [6.07, 6.45) is 0.909. The SMILES string of the molecule is CC(C)Cc1nnn(C(C)C)n1. The lowest BCUT2D eigenvalue weighted by molar-refractivity contribution is 0.452. The Labute approximate surface area is 73.0 Å². The second kappa shape index (κ2) is 3.65. The van der Waals surface area contributed by atoms with Crippen LogP contribution in [0.4, 0.5) is 0 Å². The maximum atomic E-state index is 4.24. The van der Waals surface area contributed by atoms with Crippen molar-refractivity contribution in [2.24, 2.45) is 5.92 Å². The van der Waals surface area contributed by atoms with Crippen molar-refractivity contribution in [3.8, 4) is 0 Å². The minimum Gasteiger partial charge on any atom is -0.162 e. The Hall–Kier alpha value is -0.930. The largest absolute Gasteiger partial charge is 0.175 e. The zero-order valence-electron chi connectivity index (χ0n) is 8.15. The first-order valence-electron chi connectivity index (χ1n) is 4.38. The monoisotopic (exact) mass is 168 g/mol. The summed E-state index contributed by atoms with van der Waals surface area (Å²) in [4.78, 5) is 1.65. The van der Waals surface area contributed by atoms with E-state index >= 15 is 0 Å². The summed E-state index contributed by atoms with van der Waals surface area (Å²) in [7, 11) is 0. The van der Waals surface area contributed by atoms with Crippen LogP contribution in [0.3, 0.4) is 0 Å². The Kier molecular flexibility index (Phi) is 2.78. The number of nitrogens with zero attached hydrogens (tertiary/aromatic N) is 4. The van der Waals surface area contributed by atoms with Gasteiger partial charge in [-0.05, 0) is 25.0 Å². The van der Waals surface area contributed by atoms with Gasteiger partial charge in [-0.2, -0.15) is 4.80 Å². The molecule has 0 spiro atoms. The zero-order valence-corrected chi connectivity index (χ0v) is 8.15. The van der Waals surface area contributed by atoms with Crippen molar-refractivity contribution >= 4 is 0 Å². The molecule has 1 aromatic heterocycles. The summed E-state index contributed by atoms with van der Waals surface area (Å²) in [5, 5.41) is 12.1. The van der Waals surface area contributed by atoms with Gasteiger partial charge in [0.2, 0.25) is 0 Å². The molecular weight excluding hydrogens is 152 g/mol. The van der Waals surface area contributed by atoms with E-state index in [2.05, 4.69) is 29.3 Å². The molecule has 1 rings (SSSR count). The van der Waals surface area contributed by atoms with E-state index in [1.54, 1.807) is 4.80 Å². The average molecular weight is 168 g/mol. The van der Waals surface area contributed by atoms with Crippen LogP contribution in [0, 0.1) is 5.92 Å². The molecule has 0 saturated heterocycles. The highest BCUT2D eigenvalue weighted by molar-refractivity contribution is 4.78. The Morgan fingerprint density at radius 1 is 1.25 bits per heavy atom. The summed E-state index contributed by atoms with van der Waals surface area (Å²) < 4.78 is 0. The Bertz CT molecular complexity index is 239. The van der Waals surface area contributed by atoms with Gasteiger partial charge in [-0.3, -0.25) is 0 Å². The van der Waals surface area contributed by atoms with Crippen LogP contribution >= 0.6 is 0 Å². The summed E-state index contributed by atoms with van der Waals surface area (Å²) in [6, 6.07) is 0.304. The van der Waals surface area contributed by atoms with E-state index in [1.807, 2.05) is 13.8 Å². The molecular formula is C8H16N4. The molecule has 0 aliphatic heterocycles. The van der Waals surface area contributed by atoms with E-state index in [0.29, 0.717) is 12.0 Å². The fraction of sp³-hybridized carbons (Fsp3) is 0.875. The third-order valence-corrected chi connectivity index (χ3v) is 1.52. The molecule has 0 radical (unpaired) electrons. The number of hydrogen-bond donors (Lipinski definition) is 0. The molecule has 0 saturated carbocycles. The quantitative estimate of drug-likeness (QED) is 0.686. The molecule has 12 heavy (non-hydrogen) atoms. The number of hydrogen-bond acceptors (Lipinski definition) is 3. The zero-order chi connectivity index (χ0) is 9.14. The van der Waals surface area contributed by atoms with Gasteiger partial charge in [-0.1, -0.05) is 13.8 Å². The van der Waals surface area contributed by atoms with Gasteiger partial charge in [0.25, 0.3) is 0 Å². The molecule has 4 heteroatoms. The molecule has 1 aromatic rings. The molecule has 0 unspecified atom stereocenters. The van der Waals surface area contributed by atoms with Crippen LogP contribution in [0.2, 0.25) is 0 Å². The smallest absolute Gasteiger partial charge is 0.162 e. The van der Waals surface area contributed by atoms with Crippen LogP contribution in [0.5, 0.6) is 0 Å². The molecule has 4 nitrogen and oxygen atoms in total. The minimum atomic E-state index is 0.304. The lowest BCUT2D eigenvalue weighted by Crippen LogP contribution is -2.05. The van der Waals surface area contributed by atoms with Crippen LogP contribution in [-0.2, 0) is 6.42 Å². The average Bonchev–Trinajstić information content (AvgIpc) is 2.34. The summed E-state index contributed by atoms with van der Waals surface area (Å²) in [5.41, 5.74) is 0. The summed E-state index contributed by atoms with van der Waals surface area (Å²) in [5.74, 6) is 1.44. The van der Waals surface area contributed by atoms with Crippen molar-refractivity contribution in [2.75, 3.05) is 0 Å². The lowest BCUT2D eigenvalue weighted by atomic mass is 10.1. The maximum Gasteiger partial charge on any atom is 0.175 e. The highest BCUT2D eigenvalue weighted by atomic mass is 15.6. The van der Waals surface area contributed by atoms with Crippen LogP contribution in [0.15, 0.2) is 0 Å². The molecule has 0 amide bonds. The van der Waals surface area contributed by atoms with Gasteiger partial charge in [0, 0.05) is 6.42 Å². The molecule has 68 valence electrons. The third kappa shape index (κ3) is 2.29. The van der Waals surface area contributed by atoms with Crippen molar-refractivity contribution in [3.63, 3.8) is 0 Å². The Morgan fingerprint density at radius 2 is 1.92 bits per heavy atom. The van der Waals surface area contributed by atoms with Gasteiger partial charge in [0.1, 0.15) is 0 Å². The molecule has 0 aliphatic carbocycles. The van der Waals surface area contributed by atoms with Crippen LogP contribution in [0.1, 0.15) is 39.6 Å². The van der Waals surface area contributed by atoms with Crippen LogP contribution < -0.4 is 0 Å². The highest BCUT2D eigenvalue weighted by Gasteiger charge is 2.06. The second-order valence-corrected chi connectivity index (χ2v) is 3.72. The van der Waals surface area contributed by atoms with Crippen molar-refractivity contribution in [1.82, 2.24) is 20.2 Å². The number of aromatic nitrogens is 4. The molecule has 0 atom stereocenters. The fourth-order valence-electron chi connectivity index (χ4n) is 0.921. The third-order valence-electron chi connectivity index (χ3n) is 1.52. The summed E-state index contributed by atoms with van der Waals surface area (Å²) in [6.45, 7) is 8.38. The second-order valence-electron chi connectivity index (χ2n) is 3.72. The van der Waals surface area contributed by atoms with Crippen LogP contribution in [0.25, 0.3) is 0 Å². The van der Waals surface area contributed by atoms with E-state index in [0.717, 1.165) is 12.2 Å². The molecule has 1 heterocycles. The topological polar surface area (TPSA) is 43.6 Å². The van der Waals surface area contributed by atoms with Crippen molar-refractivity contribution < 1.29 is 0 Å². The Morgan fingerprint density at radius 3 is 2.33 bits per heavy atom. The van der Waals surface area contributed by atoms with E-state index in [1.165, 1.54) is 0 Å².